The van der Waals surface area contributed by atoms with Gasteiger partial charge < -0.3 is 10.2 Å². The van der Waals surface area contributed by atoms with Crippen LogP contribution in [0.25, 0.3) is 0 Å². The first kappa shape index (κ1) is 14.7. The summed E-state index contributed by atoms with van der Waals surface area (Å²) in [6.07, 6.45) is -2.69. The fraction of sp³-hybridized carbons (Fsp3) is 0.636. The minimum Gasteiger partial charge on any atom is -0.332 e. The highest BCUT2D eigenvalue weighted by atomic mass is 19.4. The topological polar surface area (TPSA) is 41.1 Å². The number of hydrogen-bond donors (Lipinski definition) is 1. The summed E-state index contributed by atoms with van der Waals surface area (Å²) in [6.45, 7) is 3.18. The maximum absolute atomic E-state index is 12.4. The standard InChI is InChI=1S/C11H17F3N4/c1-4-18(7-11(12,13)14)10-16-6-9(5-15-3)8(2)17-10/h6,15H,4-5,7H2,1-3H3. The maximum Gasteiger partial charge on any atom is 0.406 e. The highest BCUT2D eigenvalue weighted by Gasteiger charge is 2.31. The Labute approximate surface area is 104 Å². The lowest BCUT2D eigenvalue weighted by molar-refractivity contribution is -0.119. The fourth-order valence-corrected chi connectivity index (χ4v) is 1.54. The highest BCUT2D eigenvalue weighted by Crippen LogP contribution is 2.19. The van der Waals surface area contributed by atoms with Crippen molar-refractivity contribution in [2.24, 2.45) is 0 Å². The molecular formula is C11H17F3N4. The third-order valence-electron chi connectivity index (χ3n) is 2.47. The number of nitrogens with one attached hydrogen (secondary N) is 1. The summed E-state index contributed by atoms with van der Waals surface area (Å²) in [4.78, 5) is 9.22. The van der Waals surface area contributed by atoms with Crippen LogP contribution in [0.5, 0.6) is 0 Å². The molecule has 0 aromatic carbocycles. The molecule has 1 N–H and O–H groups in total. The van der Waals surface area contributed by atoms with Crippen LogP contribution in [-0.4, -0.2) is 36.3 Å². The Balaban J connectivity index is 2.90. The predicted molar refractivity (Wildman–Crippen MR) is 63.5 cm³/mol. The number of nitrogens with zero attached hydrogens (tertiary/aromatic N) is 3. The van der Waals surface area contributed by atoms with Gasteiger partial charge in [0.15, 0.2) is 0 Å². The molecule has 7 heteroatoms. The van der Waals surface area contributed by atoms with E-state index in [1.807, 2.05) is 0 Å². The van der Waals surface area contributed by atoms with Gasteiger partial charge in [0.05, 0.1) is 0 Å². The summed E-state index contributed by atoms with van der Waals surface area (Å²) >= 11 is 0. The van der Waals surface area contributed by atoms with Crippen LogP contribution in [0.4, 0.5) is 19.1 Å². The second-order valence-electron chi connectivity index (χ2n) is 3.94. The normalized spacial score (nSPS) is 11.7. The molecule has 0 radical (unpaired) electrons. The fourth-order valence-electron chi connectivity index (χ4n) is 1.54. The monoisotopic (exact) mass is 262 g/mol. The van der Waals surface area contributed by atoms with E-state index in [0.717, 1.165) is 10.5 Å². The summed E-state index contributed by atoms with van der Waals surface area (Å²) in [5.74, 6) is 0.118. The van der Waals surface area contributed by atoms with Crippen molar-refractivity contribution in [1.29, 1.82) is 0 Å². The van der Waals surface area contributed by atoms with Gasteiger partial charge in [-0.25, -0.2) is 9.97 Å². The van der Waals surface area contributed by atoms with E-state index in [1.165, 1.54) is 0 Å². The average Bonchev–Trinajstić information content (AvgIpc) is 2.28. The number of alkyl halides is 3. The van der Waals surface area contributed by atoms with Crippen LogP contribution in [-0.2, 0) is 6.54 Å². The van der Waals surface area contributed by atoms with E-state index >= 15 is 0 Å². The van der Waals surface area contributed by atoms with Gasteiger partial charge in [0.1, 0.15) is 6.54 Å². The smallest absolute Gasteiger partial charge is 0.332 e. The van der Waals surface area contributed by atoms with Crippen molar-refractivity contribution in [3.05, 3.63) is 17.5 Å². The van der Waals surface area contributed by atoms with Gasteiger partial charge in [0.2, 0.25) is 5.95 Å². The molecule has 0 atom stereocenters. The van der Waals surface area contributed by atoms with Gasteiger partial charge in [-0.15, -0.1) is 0 Å². The second kappa shape index (κ2) is 5.99. The first-order valence-corrected chi connectivity index (χ1v) is 5.66. The van der Waals surface area contributed by atoms with Crippen molar-refractivity contribution < 1.29 is 13.2 Å². The van der Waals surface area contributed by atoms with Crippen LogP contribution in [0.15, 0.2) is 6.20 Å². The van der Waals surface area contributed by atoms with Crippen LogP contribution >= 0.6 is 0 Å². The Bertz CT molecular complexity index is 392. The molecule has 0 aliphatic rings. The zero-order valence-electron chi connectivity index (χ0n) is 10.7. The molecule has 1 aromatic heterocycles. The predicted octanol–water partition coefficient (Wildman–Crippen LogP) is 1.89. The summed E-state index contributed by atoms with van der Waals surface area (Å²) < 4.78 is 37.1. The Hall–Kier alpha value is -1.37. The third kappa shape index (κ3) is 4.14. The molecule has 0 aliphatic carbocycles. The summed E-state index contributed by atoms with van der Waals surface area (Å²) in [5.41, 5.74) is 1.57. The highest BCUT2D eigenvalue weighted by molar-refractivity contribution is 5.33. The van der Waals surface area contributed by atoms with E-state index in [1.54, 1.807) is 27.1 Å². The van der Waals surface area contributed by atoms with E-state index in [0.29, 0.717) is 12.2 Å². The lowest BCUT2D eigenvalue weighted by atomic mass is 10.2. The molecule has 0 amide bonds. The average molecular weight is 262 g/mol. The summed E-state index contributed by atoms with van der Waals surface area (Å²) in [7, 11) is 1.79. The van der Waals surface area contributed by atoms with Crippen molar-refractivity contribution in [3.63, 3.8) is 0 Å². The number of hydrogen-bond acceptors (Lipinski definition) is 4. The zero-order valence-corrected chi connectivity index (χ0v) is 10.7. The van der Waals surface area contributed by atoms with Crippen molar-refractivity contribution >= 4 is 5.95 Å². The van der Waals surface area contributed by atoms with E-state index in [-0.39, 0.29) is 12.5 Å². The van der Waals surface area contributed by atoms with E-state index in [9.17, 15) is 13.2 Å². The summed E-state index contributed by atoms with van der Waals surface area (Å²) in [5, 5.41) is 2.95. The molecule has 0 bridgehead atoms. The number of aryl methyl sites for hydroxylation is 1. The van der Waals surface area contributed by atoms with Crippen molar-refractivity contribution in [1.82, 2.24) is 15.3 Å². The molecule has 4 nitrogen and oxygen atoms in total. The van der Waals surface area contributed by atoms with Crippen molar-refractivity contribution in [2.75, 3.05) is 25.0 Å². The minimum absolute atomic E-state index is 0.118. The van der Waals surface area contributed by atoms with Crippen LogP contribution in [0, 0.1) is 6.92 Å². The molecule has 18 heavy (non-hydrogen) atoms. The minimum atomic E-state index is -4.25. The summed E-state index contributed by atoms with van der Waals surface area (Å²) in [6, 6.07) is 0. The number of rotatable bonds is 5. The van der Waals surface area contributed by atoms with Gasteiger partial charge in [0.25, 0.3) is 0 Å². The Morgan fingerprint density at radius 3 is 2.50 bits per heavy atom. The van der Waals surface area contributed by atoms with Gasteiger partial charge in [-0.3, -0.25) is 0 Å². The van der Waals surface area contributed by atoms with E-state index in [2.05, 4.69) is 15.3 Å². The number of halogens is 3. The second-order valence-corrected chi connectivity index (χ2v) is 3.94. The Morgan fingerprint density at radius 2 is 2.06 bits per heavy atom. The quantitative estimate of drug-likeness (QED) is 0.880. The molecular weight excluding hydrogens is 245 g/mol. The SMILES string of the molecule is CCN(CC(F)(F)F)c1ncc(CNC)c(C)n1. The molecule has 0 unspecified atom stereocenters. The van der Waals surface area contributed by atoms with E-state index < -0.39 is 12.7 Å². The Morgan fingerprint density at radius 1 is 1.39 bits per heavy atom. The number of aromatic nitrogens is 2. The zero-order chi connectivity index (χ0) is 13.8. The molecule has 1 aromatic rings. The maximum atomic E-state index is 12.4. The Kier molecular flexibility index (Phi) is 4.89. The first-order chi connectivity index (χ1) is 8.37. The van der Waals surface area contributed by atoms with Gasteiger partial charge in [-0.1, -0.05) is 0 Å². The largest absolute Gasteiger partial charge is 0.406 e. The van der Waals surface area contributed by atoms with Gasteiger partial charge in [0, 0.05) is 30.5 Å². The molecule has 0 fully saturated rings. The van der Waals surface area contributed by atoms with Crippen LogP contribution in [0.3, 0.4) is 0 Å². The van der Waals surface area contributed by atoms with Crippen LogP contribution in [0.2, 0.25) is 0 Å². The number of anilines is 1. The van der Waals surface area contributed by atoms with Crippen molar-refractivity contribution in [2.45, 2.75) is 26.6 Å². The molecule has 0 aliphatic heterocycles. The van der Waals surface area contributed by atoms with E-state index in [4.69, 9.17) is 0 Å². The lowest BCUT2D eigenvalue weighted by Crippen LogP contribution is -2.35. The molecule has 0 spiro atoms. The van der Waals surface area contributed by atoms with Gasteiger partial charge in [-0.2, -0.15) is 13.2 Å². The van der Waals surface area contributed by atoms with Crippen LogP contribution in [0.1, 0.15) is 18.2 Å². The molecule has 1 heterocycles. The molecule has 1 rings (SSSR count). The lowest BCUT2D eigenvalue weighted by Gasteiger charge is -2.22. The molecule has 102 valence electrons. The van der Waals surface area contributed by atoms with Crippen LogP contribution < -0.4 is 10.2 Å². The van der Waals surface area contributed by atoms with Gasteiger partial charge in [-0.05, 0) is 20.9 Å². The van der Waals surface area contributed by atoms with Crippen molar-refractivity contribution in [3.8, 4) is 0 Å². The first-order valence-electron chi connectivity index (χ1n) is 5.66. The third-order valence-corrected chi connectivity index (χ3v) is 2.47. The molecule has 0 saturated heterocycles. The molecule has 0 saturated carbocycles. The van der Waals surface area contributed by atoms with Gasteiger partial charge >= 0.3 is 6.18 Å².